The molecule has 200 valence electrons. The first-order valence-electron chi connectivity index (χ1n) is 13.2. The van der Waals surface area contributed by atoms with Crippen molar-refractivity contribution in [3.63, 3.8) is 0 Å². The van der Waals surface area contributed by atoms with E-state index in [1.54, 1.807) is 0 Å². The molecule has 2 heterocycles. The molecule has 0 saturated carbocycles. The summed E-state index contributed by atoms with van der Waals surface area (Å²) in [5.41, 5.74) is 4.01. The molecule has 0 aliphatic rings. The zero-order valence-electron chi connectivity index (χ0n) is 22.1. The molecule has 0 radical (unpaired) electrons. The van der Waals surface area contributed by atoms with Gasteiger partial charge in [-0.2, -0.15) is 0 Å². The highest BCUT2D eigenvalue weighted by Crippen LogP contribution is 2.40. The van der Waals surface area contributed by atoms with Gasteiger partial charge in [0.05, 0.1) is 16.2 Å². The number of hydrogen-bond acceptors (Lipinski definition) is 6. The molecule has 6 heteroatoms. The molecule has 0 atom stereocenters. The minimum absolute atomic E-state index is 0.173. The number of carbonyl (C=O) groups excluding carboxylic acids is 2. The fourth-order valence-corrected chi connectivity index (χ4v) is 6.60. The molecule has 0 saturated heterocycles. The monoisotopic (exact) mass is 570 g/mol. The highest BCUT2D eigenvalue weighted by molar-refractivity contribution is 7.19. The van der Waals surface area contributed by atoms with Crippen LogP contribution in [0.1, 0.15) is 25.8 Å². The van der Waals surface area contributed by atoms with Crippen molar-refractivity contribution in [2.45, 2.75) is 6.42 Å². The van der Waals surface area contributed by atoms with Gasteiger partial charge in [-0.1, -0.05) is 72.8 Å². The normalized spacial score (nSPS) is 10.7. The minimum Gasteiger partial charge on any atom is -0.302 e. The predicted molar refractivity (Wildman–Crippen MR) is 171 cm³/mol. The molecule has 0 fully saturated rings. The van der Waals surface area contributed by atoms with Gasteiger partial charge in [0.25, 0.3) is 0 Å². The predicted octanol–water partition coefficient (Wildman–Crippen LogP) is 10.2. The molecule has 0 aliphatic carbocycles. The summed E-state index contributed by atoms with van der Waals surface area (Å²) in [6.45, 7) is 0. The molecular formula is C35H26N2O2S2. The van der Waals surface area contributed by atoms with Crippen LogP contribution in [0.5, 0.6) is 0 Å². The van der Waals surface area contributed by atoms with Crippen LogP contribution in [0, 0.1) is 0 Å². The number of hydrogen-bond donors (Lipinski definition) is 0. The van der Waals surface area contributed by atoms with Crippen LogP contribution in [-0.2, 0) is 0 Å². The number of thiophene rings is 2. The lowest BCUT2D eigenvalue weighted by Gasteiger charge is -2.23. The van der Waals surface area contributed by atoms with Gasteiger partial charge in [-0.25, -0.2) is 0 Å². The van der Waals surface area contributed by atoms with Gasteiger partial charge in [-0.15, -0.1) is 22.7 Å². The average Bonchev–Trinajstić information content (AvgIpc) is 3.71. The Bertz CT molecular complexity index is 1540. The summed E-state index contributed by atoms with van der Waals surface area (Å²) in [5, 5.41) is 1.83. The number of benzene rings is 4. The number of para-hydroxylation sites is 4. The second-order valence-corrected chi connectivity index (χ2v) is 11.4. The van der Waals surface area contributed by atoms with Crippen molar-refractivity contribution >= 4 is 67.0 Å². The maximum atomic E-state index is 13.3. The van der Waals surface area contributed by atoms with Crippen molar-refractivity contribution in [1.29, 1.82) is 0 Å². The lowest BCUT2D eigenvalue weighted by molar-refractivity contribution is 0.0899. The standard InChI is InChI=1S/C35H26N2O2S2/c38-30(32-21-23-34(40-32)36(26-13-5-1-6-14-26)27-15-7-2-8-16-27)25-31(39)33-22-24-35(41-33)37(28-17-9-3-10-18-28)29-19-11-4-12-20-29/h1-24H,25H2. The zero-order chi connectivity index (χ0) is 28.0. The fourth-order valence-electron chi connectivity index (χ4n) is 4.63. The quantitative estimate of drug-likeness (QED) is 0.121. The largest absolute Gasteiger partial charge is 0.302 e. The third-order valence-electron chi connectivity index (χ3n) is 6.55. The van der Waals surface area contributed by atoms with Crippen molar-refractivity contribution in [2.75, 3.05) is 9.80 Å². The molecule has 4 aromatic carbocycles. The first kappa shape index (κ1) is 26.4. The van der Waals surface area contributed by atoms with Crippen LogP contribution in [0.3, 0.4) is 0 Å². The van der Waals surface area contributed by atoms with E-state index in [0.717, 1.165) is 32.8 Å². The Morgan fingerprint density at radius 2 is 0.707 bits per heavy atom. The van der Waals surface area contributed by atoms with E-state index in [0.29, 0.717) is 9.75 Å². The van der Waals surface area contributed by atoms with E-state index in [9.17, 15) is 9.59 Å². The van der Waals surface area contributed by atoms with Crippen LogP contribution in [0.2, 0.25) is 0 Å². The van der Waals surface area contributed by atoms with Gasteiger partial charge in [0.15, 0.2) is 11.6 Å². The number of ketones is 2. The highest BCUT2D eigenvalue weighted by atomic mass is 32.1. The first-order chi connectivity index (χ1) is 20.2. The van der Waals surface area contributed by atoms with Gasteiger partial charge in [0.1, 0.15) is 10.0 Å². The van der Waals surface area contributed by atoms with Crippen LogP contribution in [0.25, 0.3) is 0 Å². The average molecular weight is 571 g/mol. The molecule has 0 amide bonds. The Labute approximate surface area is 247 Å². The number of Topliss-reactive ketones (excluding diaryl/α,β-unsaturated/α-hetero) is 2. The van der Waals surface area contributed by atoms with Crippen molar-refractivity contribution in [3.8, 4) is 0 Å². The first-order valence-corrected chi connectivity index (χ1v) is 14.9. The number of rotatable bonds is 10. The Hall–Kier alpha value is -4.78. The van der Waals surface area contributed by atoms with Gasteiger partial charge < -0.3 is 9.80 Å². The second-order valence-electron chi connectivity index (χ2n) is 9.31. The Kier molecular flexibility index (Phi) is 7.85. The van der Waals surface area contributed by atoms with Gasteiger partial charge in [-0.3, -0.25) is 9.59 Å². The third kappa shape index (κ3) is 5.89. The Morgan fingerprint density at radius 3 is 1.00 bits per heavy atom. The summed E-state index contributed by atoms with van der Waals surface area (Å²) < 4.78 is 0. The molecule has 0 spiro atoms. The molecule has 0 aliphatic heterocycles. The Morgan fingerprint density at radius 1 is 0.415 bits per heavy atom. The summed E-state index contributed by atoms with van der Waals surface area (Å²) in [7, 11) is 0. The van der Waals surface area contributed by atoms with Crippen molar-refractivity contribution in [2.24, 2.45) is 0 Å². The lowest BCUT2D eigenvalue weighted by atomic mass is 10.1. The van der Waals surface area contributed by atoms with Crippen LogP contribution < -0.4 is 9.80 Å². The molecule has 0 bridgehead atoms. The van der Waals surface area contributed by atoms with E-state index < -0.39 is 0 Å². The molecule has 2 aromatic heterocycles. The van der Waals surface area contributed by atoms with Gasteiger partial charge in [0, 0.05) is 22.7 Å². The summed E-state index contributed by atoms with van der Waals surface area (Å²) in [6.07, 6.45) is -0.173. The van der Waals surface area contributed by atoms with Crippen LogP contribution >= 0.6 is 22.7 Å². The summed E-state index contributed by atoms with van der Waals surface area (Å²) >= 11 is 2.80. The minimum atomic E-state index is -0.176. The highest BCUT2D eigenvalue weighted by Gasteiger charge is 2.22. The van der Waals surface area contributed by atoms with Crippen molar-refractivity contribution in [1.82, 2.24) is 0 Å². The molecule has 6 aromatic rings. The van der Waals surface area contributed by atoms with Crippen molar-refractivity contribution < 1.29 is 9.59 Å². The lowest BCUT2D eigenvalue weighted by Crippen LogP contribution is -2.08. The molecule has 0 N–H and O–H groups in total. The summed E-state index contributed by atoms with van der Waals surface area (Å²) in [5.74, 6) is -0.351. The number of nitrogens with zero attached hydrogens (tertiary/aromatic N) is 2. The zero-order valence-corrected chi connectivity index (χ0v) is 23.7. The Balaban J connectivity index is 1.22. The van der Waals surface area contributed by atoms with Gasteiger partial charge in [-0.05, 0) is 72.8 Å². The molecule has 6 rings (SSSR count). The second kappa shape index (κ2) is 12.2. The fraction of sp³-hybridized carbons (Fsp3) is 0.0286. The van der Waals surface area contributed by atoms with E-state index in [-0.39, 0.29) is 18.0 Å². The maximum Gasteiger partial charge on any atom is 0.180 e. The topological polar surface area (TPSA) is 40.6 Å². The molecule has 0 unspecified atom stereocenters. The van der Waals surface area contributed by atoms with E-state index in [1.165, 1.54) is 22.7 Å². The summed E-state index contributed by atoms with van der Waals surface area (Å²) in [4.78, 5) is 31.9. The van der Waals surface area contributed by atoms with Crippen LogP contribution in [-0.4, -0.2) is 11.6 Å². The molecular weight excluding hydrogens is 545 g/mol. The molecule has 41 heavy (non-hydrogen) atoms. The SMILES string of the molecule is O=C(CC(=O)c1ccc(N(c2ccccc2)c2ccccc2)s1)c1ccc(N(c2ccccc2)c2ccccc2)s1. The number of carbonyl (C=O) groups is 2. The number of anilines is 6. The van der Waals surface area contributed by atoms with E-state index in [4.69, 9.17) is 0 Å². The van der Waals surface area contributed by atoms with E-state index >= 15 is 0 Å². The maximum absolute atomic E-state index is 13.3. The third-order valence-corrected chi connectivity index (χ3v) is 8.78. The smallest absolute Gasteiger partial charge is 0.180 e. The van der Waals surface area contributed by atoms with E-state index in [1.807, 2.05) is 146 Å². The summed E-state index contributed by atoms with van der Waals surface area (Å²) in [6, 6.07) is 47.8. The van der Waals surface area contributed by atoms with Crippen molar-refractivity contribution in [3.05, 3.63) is 155 Å². The molecule has 4 nitrogen and oxygen atoms in total. The van der Waals surface area contributed by atoms with Gasteiger partial charge >= 0.3 is 0 Å². The van der Waals surface area contributed by atoms with E-state index in [2.05, 4.69) is 9.80 Å². The van der Waals surface area contributed by atoms with Crippen LogP contribution in [0.15, 0.2) is 146 Å². The van der Waals surface area contributed by atoms with Gasteiger partial charge in [0.2, 0.25) is 0 Å². The van der Waals surface area contributed by atoms with Crippen LogP contribution in [0.4, 0.5) is 32.8 Å².